The minimum atomic E-state index is -3.80. The SMILES string of the molecule is CCOc1ccc(NS(=O)(=O)c2ccc3c(c2)[C@@H]2C=CC[C@H]2[C@H](c2cccc([N+](=O)[O-])c2)N3)cc1. The van der Waals surface area contributed by atoms with Gasteiger partial charge in [-0.25, -0.2) is 8.42 Å². The number of non-ortho nitro benzene ring substituents is 1. The topological polar surface area (TPSA) is 111 Å². The Labute approximate surface area is 203 Å². The van der Waals surface area contributed by atoms with E-state index in [1.807, 2.05) is 13.0 Å². The lowest BCUT2D eigenvalue weighted by Crippen LogP contribution is -2.29. The van der Waals surface area contributed by atoms with Crippen molar-refractivity contribution in [3.8, 4) is 5.75 Å². The normalized spacial score (nSPS) is 20.4. The molecule has 0 saturated heterocycles. The highest BCUT2D eigenvalue weighted by molar-refractivity contribution is 7.92. The highest BCUT2D eigenvalue weighted by atomic mass is 32.2. The van der Waals surface area contributed by atoms with Gasteiger partial charge in [0.05, 0.1) is 22.5 Å². The second-order valence-electron chi connectivity index (χ2n) is 8.64. The van der Waals surface area contributed by atoms with Crippen LogP contribution in [0.25, 0.3) is 0 Å². The van der Waals surface area contributed by atoms with Crippen LogP contribution in [0, 0.1) is 16.0 Å². The minimum Gasteiger partial charge on any atom is -0.494 e. The van der Waals surface area contributed by atoms with Crippen LogP contribution in [0.3, 0.4) is 0 Å². The van der Waals surface area contributed by atoms with Gasteiger partial charge in [0.25, 0.3) is 15.7 Å². The Hall–Kier alpha value is -3.85. The Kier molecular flexibility index (Phi) is 5.94. The van der Waals surface area contributed by atoms with Gasteiger partial charge in [0, 0.05) is 29.4 Å². The number of hydrogen-bond acceptors (Lipinski definition) is 6. The number of allylic oxidation sites excluding steroid dienone is 2. The van der Waals surface area contributed by atoms with Gasteiger partial charge in [-0.1, -0.05) is 24.3 Å². The maximum Gasteiger partial charge on any atom is 0.269 e. The van der Waals surface area contributed by atoms with Gasteiger partial charge in [-0.05, 0) is 72.9 Å². The third-order valence-electron chi connectivity index (χ3n) is 6.50. The molecular weight excluding hydrogens is 466 g/mol. The van der Waals surface area contributed by atoms with Crippen LogP contribution >= 0.6 is 0 Å². The summed E-state index contributed by atoms with van der Waals surface area (Å²) in [4.78, 5) is 11.1. The molecule has 0 unspecified atom stereocenters. The van der Waals surface area contributed by atoms with Crippen LogP contribution in [0.5, 0.6) is 5.75 Å². The van der Waals surface area contributed by atoms with Crippen molar-refractivity contribution in [3.63, 3.8) is 0 Å². The van der Waals surface area contributed by atoms with Gasteiger partial charge in [-0.15, -0.1) is 0 Å². The van der Waals surface area contributed by atoms with Crippen LogP contribution in [0.4, 0.5) is 17.1 Å². The summed E-state index contributed by atoms with van der Waals surface area (Å²) >= 11 is 0. The van der Waals surface area contributed by atoms with Gasteiger partial charge in [0.15, 0.2) is 0 Å². The Morgan fingerprint density at radius 3 is 2.66 bits per heavy atom. The van der Waals surface area contributed by atoms with Gasteiger partial charge >= 0.3 is 0 Å². The highest BCUT2D eigenvalue weighted by Crippen LogP contribution is 2.50. The van der Waals surface area contributed by atoms with E-state index in [4.69, 9.17) is 4.74 Å². The second kappa shape index (κ2) is 9.07. The number of sulfonamides is 1. The second-order valence-corrected chi connectivity index (χ2v) is 10.3. The predicted octanol–water partition coefficient (Wildman–Crippen LogP) is 5.62. The first-order chi connectivity index (χ1) is 16.9. The summed E-state index contributed by atoms with van der Waals surface area (Å²) in [5, 5.41) is 14.8. The Bertz CT molecular complexity index is 1400. The average molecular weight is 492 g/mol. The van der Waals surface area contributed by atoms with Crippen LogP contribution < -0.4 is 14.8 Å². The van der Waals surface area contributed by atoms with Gasteiger partial charge in [-0.2, -0.15) is 0 Å². The average Bonchev–Trinajstić information content (AvgIpc) is 3.35. The molecule has 0 fully saturated rings. The van der Waals surface area contributed by atoms with E-state index in [9.17, 15) is 18.5 Å². The number of nitro benzene ring substituents is 1. The summed E-state index contributed by atoms with van der Waals surface area (Å²) in [5.41, 5.74) is 3.08. The molecule has 9 heteroatoms. The van der Waals surface area contributed by atoms with Crippen LogP contribution in [-0.2, 0) is 10.0 Å². The lowest BCUT2D eigenvalue weighted by atomic mass is 9.77. The molecule has 0 spiro atoms. The maximum atomic E-state index is 13.1. The van der Waals surface area contributed by atoms with E-state index < -0.39 is 10.0 Å². The van der Waals surface area contributed by atoms with E-state index in [0.29, 0.717) is 18.0 Å². The molecule has 2 aliphatic rings. The monoisotopic (exact) mass is 491 g/mol. The van der Waals surface area contributed by atoms with Crippen molar-refractivity contribution in [1.29, 1.82) is 0 Å². The number of hydrogen-bond donors (Lipinski definition) is 2. The molecule has 0 saturated carbocycles. The van der Waals surface area contributed by atoms with E-state index in [-0.39, 0.29) is 33.4 Å². The Morgan fingerprint density at radius 1 is 1.11 bits per heavy atom. The summed E-state index contributed by atoms with van der Waals surface area (Å²) < 4.78 is 34.3. The molecule has 5 rings (SSSR count). The van der Waals surface area contributed by atoms with Crippen molar-refractivity contribution in [3.05, 3.63) is 100 Å². The highest BCUT2D eigenvalue weighted by Gasteiger charge is 2.38. The van der Waals surface area contributed by atoms with Gasteiger partial charge in [0.1, 0.15) is 5.75 Å². The van der Waals surface area contributed by atoms with Crippen LogP contribution in [0.1, 0.15) is 36.4 Å². The third kappa shape index (κ3) is 4.46. The zero-order valence-electron chi connectivity index (χ0n) is 19.0. The third-order valence-corrected chi connectivity index (χ3v) is 7.88. The van der Waals surface area contributed by atoms with E-state index in [1.54, 1.807) is 54.6 Å². The quantitative estimate of drug-likeness (QED) is 0.252. The molecule has 8 nitrogen and oxygen atoms in total. The lowest BCUT2D eigenvalue weighted by Gasteiger charge is -2.37. The zero-order valence-corrected chi connectivity index (χ0v) is 19.9. The molecule has 0 amide bonds. The van der Waals surface area contributed by atoms with Gasteiger partial charge in [-0.3, -0.25) is 14.8 Å². The molecule has 1 aliphatic heterocycles. The summed E-state index contributed by atoms with van der Waals surface area (Å²) in [6.07, 6.45) is 4.99. The van der Waals surface area contributed by atoms with Crippen molar-refractivity contribution in [2.24, 2.45) is 5.92 Å². The van der Waals surface area contributed by atoms with Gasteiger partial charge < -0.3 is 10.1 Å². The van der Waals surface area contributed by atoms with E-state index in [1.165, 1.54) is 6.07 Å². The number of ether oxygens (including phenoxy) is 1. The standard InChI is InChI=1S/C26H25N3O5S/c1-2-34-20-11-9-18(10-12-20)28-35(32,33)21-13-14-25-24(16-21)22-7-4-8-23(22)26(27-25)17-5-3-6-19(15-17)29(30)31/h3-7,9-16,22-23,26-28H,2,8H2,1H3/t22-,23-,26+/m1/s1. The Balaban J connectivity index is 1.44. The first-order valence-electron chi connectivity index (χ1n) is 11.4. The number of nitrogens with zero attached hydrogens (tertiary/aromatic N) is 1. The number of nitro groups is 1. The van der Waals surface area contributed by atoms with Crippen molar-refractivity contribution < 1.29 is 18.1 Å². The molecule has 1 heterocycles. The molecule has 0 aromatic heterocycles. The molecule has 3 aromatic carbocycles. The summed E-state index contributed by atoms with van der Waals surface area (Å²) in [7, 11) is -3.80. The van der Waals surface area contributed by atoms with Crippen molar-refractivity contribution >= 4 is 27.1 Å². The van der Waals surface area contributed by atoms with Gasteiger partial charge in [0.2, 0.25) is 0 Å². The molecule has 180 valence electrons. The Morgan fingerprint density at radius 2 is 1.91 bits per heavy atom. The first-order valence-corrected chi connectivity index (χ1v) is 12.9. The van der Waals surface area contributed by atoms with Crippen molar-refractivity contribution in [1.82, 2.24) is 0 Å². The molecule has 0 bridgehead atoms. The van der Waals surface area contributed by atoms with E-state index in [0.717, 1.165) is 23.2 Å². The number of nitrogens with one attached hydrogen (secondary N) is 2. The molecule has 1 aliphatic carbocycles. The predicted molar refractivity (Wildman–Crippen MR) is 134 cm³/mol. The van der Waals surface area contributed by atoms with E-state index in [2.05, 4.69) is 22.2 Å². The number of benzene rings is 3. The summed E-state index contributed by atoms with van der Waals surface area (Å²) in [6, 6.07) is 18.4. The number of fused-ring (bicyclic) bond motifs is 3. The number of rotatable bonds is 7. The van der Waals surface area contributed by atoms with Crippen LogP contribution in [0.2, 0.25) is 0 Å². The molecule has 0 radical (unpaired) electrons. The molecular formula is C26H25N3O5S. The molecule has 2 N–H and O–H groups in total. The minimum absolute atomic E-state index is 0.0103. The molecule has 3 atom stereocenters. The van der Waals surface area contributed by atoms with Crippen LogP contribution in [-0.4, -0.2) is 19.9 Å². The first kappa shape index (κ1) is 22.9. The maximum absolute atomic E-state index is 13.1. The fraction of sp³-hybridized carbons (Fsp3) is 0.231. The fourth-order valence-corrected chi connectivity index (χ4v) is 5.99. The molecule has 3 aromatic rings. The summed E-state index contributed by atoms with van der Waals surface area (Å²) in [6.45, 7) is 2.42. The largest absolute Gasteiger partial charge is 0.494 e. The van der Waals surface area contributed by atoms with E-state index >= 15 is 0 Å². The van der Waals surface area contributed by atoms with Crippen molar-refractivity contribution in [2.45, 2.75) is 30.2 Å². The van der Waals surface area contributed by atoms with Crippen molar-refractivity contribution in [2.75, 3.05) is 16.6 Å². The zero-order chi connectivity index (χ0) is 24.6. The molecule has 35 heavy (non-hydrogen) atoms. The fourth-order valence-electron chi connectivity index (χ4n) is 4.90. The number of anilines is 2. The lowest BCUT2D eigenvalue weighted by molar-refractivity contribution is -0.384. The van der Waals surface area contributed by atoms with Crippen LogP contribution in [0.15, 0.2) is 83.8 Å². The smallest absolute Gasteiger partial charge is 0.269 e. The summed E-state index contributed by atoms with van der Waals surface area (Å²) in [5.74, 6) is 0.810.